The van der Waals surface area contributed by atoms with E-state index in [4.69, 9.17) is 0 Å². The predicted molar refractivity (Wildman–Crippen MR) is 100 cm³/mol. The second kappa shape index (κ2) is 7.10. The highest BCUT2D eigenvalue weighted by molar-refractivity contribution is 6.07. The molecule has 1 aromatic heterocycles. The van der Waals surface area contributed by atoms with Gasteiger partial charge in [0.2, 0.25) is 0 Å². The number of aromatic nitrogens is 2. The van der Waals surface area contributed by atoms with Crippen molar-refractivity contribution in [2.24, 2.45) is 0 Å². The molecular weight excluding hydrogens is 369 g/mol. The van der Waals surface area contributed by atoms with E-state index >= 15 is 0 Å². The standard InChI is InChI=1S/C20H17F3N4O/c21-20(22,23)13-7-1-2-8-14(13)26-19(28)17-18(27-11-5-6-12-27)25-16-10-4-3-9-15(16)24-17/h1-4,7-10H,5-6,11-12H2,(H,26,28). The number of benzene rings is 2. The molecule has 0 radical (unpaired) electrons. The molecule has 1 fully saturated rings. The number of carbonyl (C=O) groups is 1. The minimum absolute atomic E-state index is 0.0255. The maximum Gasteiger partial charge on any atom is 0.418 e. The summed E-state index contributed by atoms with van der Waals surface area (Å²) < 4.78 is 39.7. The summed E-state index contributed by atoms with van der Waals surface area (Å²) in [6.07, 6.45) is -2.64. The van der Waals surface area contributed by atoms with Crippen molar-refractivity contribution in [3.63, 3.8) is 0 Å². The maximum atomic E-state index is 13.2. The van der Waals surface area contributed by atoms with Gasteiger partial charge in [-0.2, -0.15) is 13.2 Å². The first-order valence-corrected chi connectivity index (χ1v) is 8.93. The van der Waals surface area contributed by atoms with Crippen molar-refractivity contribution >= 4 is 28.4 Å². The largest absolute Gasteiger partial charge is 0.418 e. The van der Waals surface area contributed by atoms with Crippen molar-refractivity contribution in [1.29, 1.82) is 0 Å². The van der Waals surface area contributed by atoms with Crippen LogP contribution < -0.4 is 10.2 Å². The van der Waals surface area contributed by atoms with Crippen molar-refractivity contribution in [1.82, 2.24) is 9.97 Å². The van der Waals surface area contributed by atoms with Crippen LogP contribution in [0.4, 0.5) is 24.7 Å². The van der Waals surface area contributed by atoms with Gasteiger partial charge in [0.15, 0.2) is 11.5 Å². The van der Waals surface area contributed by atoms with E-state index in [9.17, 15) is 18.0 Å². The highest BCUT2D eigenvalue weighted by Crippen LogP contribution is 2.35. The van der Waals surface area contributed by atoms with E-state index in [1.54, 1.807) is 18.2 Å². The number of alkyl halides is 3. The van der Waals surface area contributed by atoms with Crippen LogP contribution in [0.5, 0.6) is 0 Å². The third-order valence-electron chi connectivity index (χ3n) is 4.65. The number of para-hydroxylation sites is 3. The molecule has 1 amide bonds. The van der Waals surface area contributed by atoms with E-state index in [0.717, 1.165) is 32.0 Å². The lowest BCUT2D eigenvalue weighted by molar-refractivity contribution is -0.136. The number of halogens is 3. The smallest absolute Gasteiger partial charge is 0.355 e. The molecule has 1 aliphatic rings. The van der Waals surface area contributed by atoms with E-state index in [1.165, 1.54) is 18.2 Å². The highest BCUT2D eigenvalue weighted by Gasteiger charge is 2.34. The lowest BCUT2D eigenvalue weighted by atomic mass is 10.1. The Labute approximate surface area is 159 Å². The van der Waals surface area contributed by atoms with Gasteiger partial charge in [0.25, 0.3) is 5.91 Å². The third kappa shape index (κ3) is 3.49. The van der Waals surface area contributed by atoms with Gasteiger partial charge < -0.3 is 10.2 Å². The molecule has 1 aliphatic heterocycles. The molecule has 4 rings (SSSR count). The summed E-state index contributed by atoms with van der Waals surface area (Å²) in [6.45, 7) is 1.46. The molecular formula is C20H17F3N4O. The van der Waals surface area contributed by atoms with Gasteiger partial charge in [-0.1, -0.05) is 24.3 Å². The molecule has 2 heterocycles. The minimum Gasteiger partial charge on any atom is -0.355 e. The normalized spacial score (nSPS) is 14.5. The second-order valence-corrected chi connectivity index (χ2v) is 6.58. The zero-order valence-electron chi connectivity index (χ0n) is 14.8. The fraction of sp³-hybridized carbons (Fsp3) is 0.250. The summed E-state index contributed by atoms with van der Waals surface area (Å²) in [6, 6.07) is 12.0. The van der Waals surface area contributed by atoms with Gasteiger partial charge in [-0.15, -0.1) is 0 Å². The van der Waals surface area contributed by atoms with Gasteiger partial charge in [0.1, 0.15) is 0 Å². The van der Waals surface area contributed by atoms with Crippen LogP contribution in [-0.4, -0.2) is 29.0 Å². The summed E-state index contributed by atoms with van der Waals surface area (Å²) in [7, 11) is 0. The number of rotatable bonds is 3. The summed E-state index contributed by atoms with van der Waals surface area (Å²) in [5.41, 5.74) is -0.0314. The van der Waals surface area contributed by atoms with Crippen LogP contribution in [0.1, 0.15) is 28.9 Å². The van der Waals surface area contributed by atoms with E-state index in [0.29, 0.717) is 16.9 Å². The van der Waals surface area contributed by atoms with Crippen LogP contribution in [0.15, 0.2) is 48.5 Å². The number of fused-ring (bicyclic) bond motifs is 1. The van der Waals surface area contributed by atoms with Crippen molar-refractivity contribution in [2.75, 3.05) is 23.3 Å². The molecule has 144 valence electrons. The third-order valence-corrected chi connectivity index (χ3v) is 4.65. The van der Waals surface area contributed by atoms with E-state index in [-0.39, 0.29) is 11.4 Å². The van der Waals surface area contributed by atoms with E-state index in [2.05, 4.69) is 15.3 Å². The number of nitrogens with zero attached hydrogens (tertiary/aromatic N) is 3. The topological polar surface area (TPSA) is 58.1 Å². The number of hydrogen-bond acceptors (Lipinski definition) is 4. The van der Waals surface area contributed by atoms with E-state index in [1.807, 2.05) is 11.0 Å². The van der Waals surface area contributed by atoms with Gasteiger partial charge in [0, 0.05) is 13.1 Å². The Balaban J connectivity index is 1.76. The van der Waals surface area contributed by atoms with Crippen LogP contribution in [-0.2, 0) is 6.18 Å². The van der Waals surface area contributed by atoms with Crippen LogP contribution in [0.25, 0.3) is 11.0 Å². The molecule has 3 aromatic rings. The van der Waals surface area contributed by atoms with Crippen LogP contribution in [0.3, 0.4) is 0 Å². The average molecular weight is 386 g/mol. The zero-order chi connectivity index (χ0) is 19.7. The van der Waals surface area contributed by atoms with E-state index < -0.39 is 17.6 Å². The van der Waals surface area contributed by atoms with Gasteiger partial charge in [-0.3, -0.25) is 4.79 Å². The fourth-order valence-electron chi connectivity index (χ4n) is 3.31. The fourth-order valence-corrected chi connectivity index (χ4v) is 3.31. The van der Waals surface area contributed by atoms with Crippen molar-refractivity contribution in [2.45, 2.75) is 19.0 Å². The maximum absolute atomic E-state index is 13.2. The molecule has 2 aromatic carbocycles. The summed E-state index contributed by atoms with van der Waals surface area (Å²) in [5.74, 6) is -0.310. The quantitative estimate of drug-likeness (QED) is 0.720. The molecule has 8 heteroatoms. The lowest BCUT2D eigenvalue weighted by Crippen LogP contribution is -2.26. The van der Waals surface area contributed by atoms with Crippen LogP contribution >= 0.6 is 0 Å². The summed E-state index contributed by atoms with van der Waals surface area (Å²) >= 11 is 0. The van der Waals surface area contributed by atoms with Crippen LogP contribution in [0, 0.1) is 0 Å². The van der Waals surface area contributed by atoms with Crippen LogP contribution in [0.2, 0.25) is 0 Å². The molecule has 0 aliphatic carbocycles. The first-order valence-electron chi connectivity index (χ1n) is 8.93. The number of nitrogens with one attached hydrogen (secondary N) is 1. The molecule has 0 atom stereocenters. The Morgan fingerprint density at radius 1 is 0.929 bits per heavy atom. The zero-order valence-corrected chi connectivity index (χ0v) is 14.8. The molecule has 5 nitrogen and oxygen atoms in total. The monoisotopic (exact) mass is 386 g/mol. The first-order chi connectivity index (χ1) is 13.4. The Hall–Kier alpha value is -3.16. The average Bonchev–Trinajstić information content (AvgIpc) is 3.21. The van der Waals surface area contributed by atoms with Gasteiger partial charge in [-0.05, 0) is 37.1 Å². The molecule has 0 unspecified atom stereocenters. The number of anilines is 2. The predicted octanol–water partition coefficient (Wildman–Crippen LogP) is 4.50. The Bertz CT molecular complexity index is 1030. The minimum atomic E-state index is -4.57. The lowest BCUT2D eigenvalue weighted by Gasteiger charge is -2.20. The highest BCUT2D eigenvalue weighted by atomic mass is 19.4. The molecule has 1 N–H and O–H groups in total. The van der Waals surface area contributed by atoms with Gasteiger partial charge >= 0.3 is 6.18 Å². The second-order valence-electron chi connectivity index (χ2n) is 6.58. The summed E-state index contributed by atoms with van der Waals surface area (Å²) in [5, 5.41) is 2.37. The Kier molecular flexibility index (Phi) is 4.62. The van der Waals surface area contributed by atoms with Crippen molar-refractivity contribution < 1.29 is 18.0 Å². The Morgan fingerprint density at radius 2 is 1.54 bits per heavy atom. The molecule has 1 saturated heterocycles. The van der Waals surface area contributed by atoms with Crippen molar-refractivity contribution in [3.05, 3.63) is 59.8 Å². The molecule has 0 spiro atoms. The Morgan fingerprint density at radius 3 is 2.21 bits per heavy atom. The molecule has 0 saturated carbocycles. The van der Waals surface area contributed by atoms with Crippen molar-refractivity contribution in [3.8, 4) is 0 Å². The molecule has 28 heavy (non-hydrogen) atoms. The SMILES string of the molecule is O=C(Nc1ccccc1C(F)(F)F)c1nc2ccccc2nc1N1CCCC1. The first kappa shape index (κ1) is 18.2. The van der Waals surface area contributed by atoms with Gasteiger partial charge in [-0.25, -0.2) is 9.97 Å². The number of hydrogen-bond donors (Lipinski definition) is 1. The number of amides is 1. The number of carbonyl (C=O) groups excluding carboxylic acids is 1. The van der Waals surface area contributed by atoms with Gasteiger partial charge in [0.05, 0.1) is 22.3 Å². The summed E-state index contributed by atoms with van der Waals surface area (Å²) in [4.78, 5) is 23.8. The molecule has 0 bridgehead atoms.